The fourth-order valence-electron chi connectivity index (χ4n) is 7.97. The second-order valence-electron chi connectivity index (χ2n) is 13.4. The van der Waals surface area contributed by atoms with E-state index in [-0.39, 0.29) is 0 Å². The molecule has 0 amide bonds. The molecule has 4 heteroatoms. The molecule has 0 aliphatic heterocycles. The molecule has 3 heterocycles. The topological polar surface area (TPSA) is 43.9 Å². The number of aromatic nitrogens is 3. The summed E-state index contributed by atoms with van der Waals surface area (Å²) in [5.41, 5.74) is 11.0. The molecule has 0 unspecified atom stereocenters. The third kappa shape index (κ3) is 4.41. The zero-order valence-electron chi connectivity index (χ0n) is 28.0. The van der Waals surface area contributed by atoms with E-state index >= 15 is 0 Å². The molecule has 242 valence electrons. The maximum absolute atomic E-state index is 6.58. The number of hydrogen-bond acceptors (Lipinski definition) is 3. The van der Waals surface area contributed by atoms with Crippen LogP contribution in [0.25, 0.3) is 105 Å². The summed E-state index contributed by atoms with van der Waals surface area (Å²) in [4.78, 5) is 10.5. The zero-order chi connectivity index (χ0) is 34.2. The van der Waals surface area contributed by atoms with Gasteiger partial charge in [0.2, 0.25) is 0 Å². The first-order valence-corrected chi connectivity index (χ1v) is 17.6. The maximum Gasteiger partial charge on any atom is 0.161 e. The standard InChI is InChI=1S/C48H29N3O/c1-2-13-30(14-3-1)47-37-20-6-9-22-41(37)49-48(50-47)40-27-34(29-45-46(40)38-21-8-11-24-44(38)52-45)31-17-12-18-35(25-31)51-42-23-10-7-19-36(42)39-26-32-15-4-5-16-33(32)28-43(39)51/h1-29H. The Kier molecular flexibility index (Phi) is 6.22. The highest BCUT2D eigenvalue weighted by Crippen LogP contribution is 2.41. The summed E-state index contributed by atoms with van der Waals surface area (Å²) in [7, 11) is 0. The van der Waals surface area contributed by atoms with E-state index in [0.717, 1.165) is 66.5 Å². The van der Waals surface area contributed by atoms with E-state index in [1.807, 2.05) is 30.3 Å². The molecule has 0 aliphatic rings. The monoisotopic (exact) mass is 663 g/mol. The number of hydrogen-bond donors (Lipinski definition) is 0. The molecule has 0 bridgehead atoms. The van der Waals surface area contributed by atoms with Crippen LogP contribution < -0.4 is 0 Å². The molecule has 52 heavy (non-hydrogen) atoms. The number of benzene rings is 8. The maximum atomic E-state index is 6.58. The number of nitrogens with zero attached hydrogens (tertiary/aromatic N) is 3. The van der Waals surface area contributed by atoms with Crippen LogP contribution in [0.15, 0.2) is 180 Å². The van der Waals surface area contributed by atoms with Crippen molar-refractivity contribution in [3.05, 3.63) is 176 Å². The molecular formula is C48H29N3O. The molecule has 0 radical (unpaired) electrons. The third-order valence-corrected chi connectivity index (χ3v) is 10.3. The lowest BCUT2D eigenvalue weighted by atomic mass is 9.97. The summed E-state index contributed by atoms with van der Waals surface area (Å²) in [5.74, 6) is 0.668. The molecule has 4 nitrogen and oxygen atoms in total. The predicted molar refractivity (Wildman–Crippen MR) is 215 cm³/mol. The largest absolute Gasteiger partial charge is 0.456 e. The quantitative estimate of drug-likeness (QED) is 0.188. The summed E-state index contributed by atoms with van der Waals surface area (Å²) in [6.45, 7) is 0. The minimum Gasteiger partial charge on any atom is -0.456 e. The molecule has 0 saturated carbocycles. The van der Waals surface area contributed by atoms with Crippen molar-refractivity contribution >= 4 is 65.4 Å². The number of rotatable bonds is 4. The minimum absolute atomic E-state index is 0.668. The Hall–Kier alpha value is -7.04. The SMILES string of the molecule is c1ccc(-c2nc(-c3cc(-c4cccc(-n5c6ccccc6c6cc7ccccc7cc65)c4)cc4oc5ccccc5c34)nc3ccccc23)cc1. The molecule has 8 aromatic carbocycles. The van der Waals surface area contributed by atoms with Gasteiger partial charge in [0, 0.05) is 43.7 Å². The highest BCUT2D eigenvalue weighted by Gasteiger charge is 2.20. The molecule has 0 spiro atoms. The van der Waals surface area contributed by atoms with Gasteiger partial charge in [-0.3, -0.25) is 0 Å². The van der Waals surface area contributed by atoms with Crippen molar-refractivity contribution in [2.75, 3.05) is 0 Å². The van der Waals surface area contributed by atoms with Gasteiger partial charge < -0.3 is 8.98 Å². The van der Waals surface area contributed by atoms with Gasteiger partial charge in [-0.1, -0.05) is 121 Å². The van der Waals surface area contributed by atoms with Crippen LogP contribution in [0.5, 0.6) is 0 Å². The van der Waals surface area contributed by atoms with Crippen molar-refractivity contribution in [1.29, 1.82) is 0 Å². The summed E-state index contributed by atoms with van der Waals surface area (Å²) in [6.07, 6.45) is 0. The van der Waals surface area contributed by atoms with Crippen LogP contribution in [0, 0.1) is 0 Å². The molecular weight excluding hydrogens is 635 g/mol. The average Bonchev–Trinajstić information content (AvgIpc) is 3.75. The summed E-state index contributed by atoms with van der Waals surface area (Å²) >= 11 is 0. The van der Waals surface area contributed by atoms with Crippen molar-refractivity contribution in [1.82, 2.24) is 14.5 Å². The van der Waals surface area contributed by atoms with Gasteiger partial charge in [0.15, 0.2) is 5.82 Å². The first kappa shape index (κ1) is 28.8. The van der Waals surface area contributed by atoms with Crippen LogP contribution >= 0.6 is 0 Å². The van der Waals surface area contributed by atoms with Gasteiger partial charge in [0.1, 0.15) is 11.2 Å². The first-order chi connectivity index (χ1) is 25.8. The van der Waals surface area contributed by atoms with Crippen molar-refractivity contribution < 1.29 is 4.42 Å². The van der Waals surface area contributed by atoms with E-state index in [1.54, 1.807) is 0 Å². The first-order valence-electron chi connectivity index (χ1n) is 17.6. The van der Waals surface area contributed by atoms with Gasteiger partial charge in [-0.15, -0.1) is 0 Å². The second kappa shape index (κ2) is 11.2. The number of para-hydroxylation sites is 3. The van der Waals surface area contributed by atoms with Crippen molar-refractivity contribution in [3.63, 3.8) is 0 Å². The van der Waals surface area contributed by atoms with E-state index in [0.29, 0.717) is 5.82 Å². The van der Waals surface area contributed by atoms with Gasteiger partial charge in [-0.05, 0) is 76.5 Å². The van der Waals surface area contributed by atoms with Crippen molar-refractivity contribution in [2.24, 2.45) is 0 Å². The second-order valence-corrected chi connectivity index (χ2v) is 13.4. The molecule has 11 rings (SSSR count). The Bertz CT molecular complexity index is 3190. The summed E-state index contributed by atoms with van der Waals surface area (Å²) < 4.78 is 8.97. The van der Waals surface area contributed by atoms with E-state index in [1.165, 1.54) is 32.6 Å². The lowest BCUT2D eigenvalue weighted by Crippen LogP contribution is -1.96. The van der Waals surface area contributed by atoms with Gasteiger partial charge in [-0.25, -0.2) is 9.97 Å². The van der Waals surface area contributed by atoms with Crippen LogP contribution in [0.2, 0.25) is 0 Å². The van der Waals surface area contributed by atoms with Gasteiger partial charge in [0.05, 0.1) is 22.2 Å². The Morgan fingerprint density at radius 3 is 2.02 bits per heavy atom. The van der Waals surface area contributed by atoms with E-state index < -0.39 is 0 Å². The Morgan fingerprint density at radius 1 is 0.423 bits per heavy atom. The van der Waals surface area contributed by atoms with Crippen LogP contribution in [0.1, 0.15) is 0 Å². The van der Waals surface area contributed by atoms with Gasteiger partial charge in [0.25, 0.3) is 0 Å². The highest BCUT2D eigenvalue weighted by atomic mass is 16.3. The van der Waals surface area contributed by atoms with E-state index in [9.17, 15) is 0 Å². The van der Waals surface area contributed by atoms with E-state index in [2.05, 4.69) is 150 Å². The fourth-order valence-corrected chi connectivity index (χ4v) is 7.97. The molecule has 0 aliphatic carbocycles. The van der Waals surface area contributed by atoms with Crippen molar-refractivity contribution in [2.45, 2.75) is 0 Å². The summed E-state index contributed by atoms with van der Waals surface area (Å²) in [6, 6.07) is 62.0. The predicted octanol–water partition coefficient (Wildman–Crippen LogP) is 12.8. The molecule has 0 saturated heterocycles. The van der Waals surface area contributed by atoms with Gasteiger partial charge in [-0.2, -0.15) is 0 Å². The molecule has 0 atom stereocenters. The van der Waals surface area contributed by atoms with Crippen LogP contribution in [0.4, 0.5) is 0 Å². The molecule has 11 aromatic rings. The Morgan fingerprint density at radius 2 is 1.13 bits per heavy atom. The third-order valence-electron chi connectivity index (χ3n) is 10.3. The average molecular weight is 664 g/mol. The number of furan rings is 1. The number of fused-ring (bicyclic) bond motifs is 8. The Labute approximate surface area is 298 Å². The normalized spacial score (nSPS) is 11.8. The Balaban J connectivity index is 1.16. The van der Waals surface area contributed by atoms with Crippen LogP contribution in [-0.2, 0) is 0 Å². The van der Waals surface area contributed by atoms with Crippen LogP contribution in [-0.4, -0.2) is 14.5 Å². The molecule has 0 N–H and O–H groups in total. The lowest BCUT2D eigenvalue weighted by Gasteiger charge is -2.13. The smallest absolute Gasteiger partial charge is 0.161 e. The van der Waals surface area contributed by atoms with Crippen LogP contribution in [0.3, 0.4) is 0 Å². The van der Waals surface area contributed by atoms with Gasteiger partial charge >= 0.3 is 0 Å². The minimum atomic E-state index is 0.668. The van der Waals surface area contributed by atoms with Crippen molar-refractivity contribution in [3.8, 4) is 39.5 Å². The zero-order valence-corrected chi connectivity index (χ0v) is 28.0. The van der Waals surface area contributed by atoms with E-state index in [4.69, 9.17) is 14.4 Å². The summed E-state index contributed by atoms with van der Waals surface area (Å²) in [5, 5.41) is 8.02. The fraction of sp³-hybridized carbons (Fsp3) is 0. The molecule has 0 fully saturated rings. The lowest BCUT2D eigenvalue weighted by molar-refractivity contribution is 0.669. The molecule has 3 aromatic heterocycles. The highest BCUT2D eigenvalue weighted by molar-refractivity contribution is 6.15.